The van der Waals surface area contributed by atoms with E-state index in [0.29, 0.717) is 19.5 Å². The number of rotatable bonds is 0. The van der Waals surface area contributed by atoms with Crippen LogP contribution in [0.15, 0.2) is 0 Å². The smallest absolute Gasteiger partial charge is 0.322 e. The lowest BCUT2D eigenvalue weighted by molar-refractivity contribution is -0.123. The van der Waals surface area contributed by atoms with E-state index in [9.17, 15) is 9.59 Å². The number of hydrazine groups is 1. The number of imide groups is 1. The molecule has 0 aromatic heterocycles. The quantitative estimate of drug-likeness (QED) is 0.294. The van der Waals surface area contributed by atoms with Crippen LogP contribution in [0.4, 0.5) is 4.79 Å². The predicted molar refractivity (Wildman–Crippen MR) is 39.8 cm³/mol. The second-order valence-corrected chi connectivity index (χ2v) is 3.21. The van der Waals surface area contributed by atoms with Gasteiger partial charge in [0.05, 0.1) is 0 Å². The van der Waals surface area contributed by atoms with Crippen LogP contribution in [0.25, 0.3) is 0 Å². The Bertz CT molecular complexity index is 254. The van der Waals surface area contributed by atoms with Crippen molar-refractivity contribution < 1.29 is 9.59 Å². The van der Waals surface area contributed by atoms with Gasteiger partial charge in [0.1, 0.15) is 5.54 Å². The Morgan fingerprint density at radius 2 is 2.25 bits per heavy atom. The lowest BCUT2D eigenvalue weighted by atomic mass is 10.00. The number of nitrogens with one attached hydrogen (secondary N) is 2. The number of nitrogens with two attached hydrogens (primary N) is 1. The number of carbonyl (C=O) groups is 2. The third-order valence-electron chi connectivity index (χ3n) is 2.31. The van der Waals surface area contributed by atoms with Crippen molar-refractivity contribution in [3.05, 3.63) is 0 Å². The molecule has 2 rings (SSSR count). The van der Waals surface area contributed by atoms with E-state index in [1.807, 2.05) is 0 Å². The minimum absolute atomic E-state index is 0.263. The van der Waals surface area contributed by atoms with Gasteiger partial charge in [0.25, 0.3) is 5.91 Å². The molecule has 0 aromatic carbocycles. The Balaban J connectivity index is 2.22. The molecule has 0 aromatic rings. The number of hydrogen-bond donors (Lipinski definition) is 3. The summed E-state index contributed by atoms with van der Waals surface area (Å²) >= 11 is 0. The Kier molecular flexibility index (Phi) is 1.36. The summed E-state index contributed by atoms with van der Waals surface area (Å²) in [5.41, 5.74) is -0.758. The second kappa shape index (κ2) is 2.18. The van der Waals surface area contributed by atoms with Gasteiger partial charge in [-0.3, -0.25) is 16.0 Å². The first-order valence-electron chi connectivity index (χ1n) is 3.76. The SMILES string of the molecule is NN1CCC2(C1)NC(=O)NC2=O. The summed E-state index contributed by atoms with van der Waals surface area (Å²) in [6.45, 7) is 1.03. The maximum absolute atomic E-state index is 11.3. The van der Waals surface area contributed by atoms with Gasteiger partial charge in [-0.1, -0.05) is 0 Å². The Labute approximate surface area is 69.0 Å². The van der Waals surface area contributed by atoms with Crippen molar-refractivity contribution in [3.8, 4) is 0 Å². The third kappa shape index (κ3) is 0.886. The molecule has 2 fully saturated rings. The monoisotopic (exact) mass is 170 g/mol. The van der Waals surface area contributed by atoms with Gasteiger partial charge in [-0.05, 0) is 6.42 Å². The van der Waals surface area contributed by atoms with E-state index >= 15 is 0 Å². The summed E-state index contributed by atoms with van der Waals surface area (Å²) in [5, 5.41) is 6.32. The van der Waals surface area contributed by atoms with Crippen molar-refractivity contribution in [2.45, 2.75) is 12.0 Å². The van der Waals surface area contributed by atoms with E-state index in [-0.39, 0.29) is 5.91 Å². The molecule has 4 N–H and O–H groups in total. The zero-order valence-corrected chi connectivity index (χ0v) is 6.46. The summed E-state index contributed by atoms with van der Waals surface area (Å²) < 4.78 is 0. The highest BCUT2D eigenvalue weighted by Gasteiger charge is 2.50. The number of nitrogens with zero attached hydrogens (tertiary/aromatic N) is 1. The highest BCUT2D eigenvalue weighted by atomic mass is 16.2. The molecule has 1 spiro atoms. The van der Waals surface area contributed by atoms with Gasteiger partial charge >= 0.3 is 6.03 Å². The summed E-state index contributed by atoms with van der Waals surface area (Å²) in [6, 6.07) is -0.421. The Morgan fingerprint density at radius 3 is 2.67 bits per heavy atom. The highest BCUT2D eigenvalue weighted by molar-refractivity contribution is 6.07. The molecule has 0 aliphatic carbocycles. The minimum atomic E-state index is -0.758. The first-order chi connectivity index (χ1) is 5.62. The zero-order chi connectivity index (χ0) is 8.77. The first kappa shape index (κ1) is 7.51. The molecule has 1 atom stereocenters. The maximum atomic E-state index is 11.3. The normalized spacial score (nSPS) is 35.8. The fourth-order valence-electron chi connectivity index (χ4n) is 1.65. The van der Waals surface area contributed by atoms with E-state index in [1.165, 1.54) is 5.01 Å². The second-order valence-electron chi connectivity index (χ2n) is 3.21. The molecular formula is C6H10N4O2. The van der Waals surface area contributed by atoms with E-state index in [0.717, 1.165) is 0 Å². The third-order valence-corrected chi connectivity index (χ3v) is 2.31. The van der Waals surface area contributed by atoms with Crippen LogP contribution in [0.1, 0.15) is 6.42 Å². The Hall–Kier alpha value is -1.14. The molecule has 1 unspecified atom stereocenters. The van der Waals surface area contributed by atoms with Crippen LogP contribution in [-0.4, -0.2) is 35.6 Å². The van der Waals surface area contributed by atoms with Crippen molar-refractivity contribution in [1.82, 2.24) is 15.6 Å². The van der Waals surface area contributed by atoms with Gasteiger partial charge in [-0.25, -0.2) is 9.80 Å². The number of carbonyl (C=O) groups excluding carboxylic acids is 2. The van der Waals surface area contributed by atoms with Gasteiger partial charge in [-0.2, -0.15) is 0 Å². The Morgan fingerprint density at radius 1 is 1.50 bits per heavy atom. The molecule has 12 heavy (non-hydrogen) atoms. The molecule has 6 heteroatoms. The zero-order valence-electron chi connectivity index (χ0n) is 6.46. The van der Waals surface area contributed by atoms with E-state index < -0.39 is 11.6 Å². The molecule has 0 saturated carbocycles. The molecule has 0 radical (unpaired) electrons. The van der Waals surface area contributed by atoms with Crippen LogP contribution in [0.2, 0.25) is 0 Å². The molecule has 2 aliphatic rings. The van der Waals surface area contributed by atoms with Gasteiger partial charge in [0.2, 0.25) is 0 Å². The molecule has 2 heterocycles. The fourth-order valence-corrected chi connectivity index (χ4v) is 1.65. The molecule has 2 saturated heterocycles. The van der Waals surface area contributed by atoms with Gasteiger partial charge in [-0.15, -0.1) is 0 Å². The predicted octanol–water partition coefficient (Wildman–Crippen LogP) is -1.86. The lowest BCUT2D eigenvalue weighted by Gasteiger charge is -2.18. The minimum Gasteiger partial charge on any atom is -0.322 e. The van der Waals surface area contributed by atoms with Crippen LogP contribution in [0.5, 0.6) is 0 Å². The molecule has 66 valence electrons. The van der Waals surface area contributed by atoms with Crippen molar-refractivity contribution in [2.75, 3.05) is 13.1 Å². The largest absolute Gasteiger partial charge is 0.322 e. The van der Waals surface area contributed by atoms with Crippen molar-refractivity contribution in [2.24, 2.45) is 5.84 Å². The van der Waals surface area contributed by atoms with Crippen LogP contribution in [0.3, 0.4) is 0 Å². The molecule has 3 amide bonds. The summed E-state index contributed by atoms with van der Waals surface area (Å²) in [5.74, 6) is 5.24. The molecular weight excluding hydrogens is 160 g/mol. The summed E-state index contributed by atoms with van der Waals surface area (Å²) in [6.07, 6.45) is 0.584. The number of urea groups is 1. The van der Waals surface area contributed by atoms with Crippen LogP contribution >= 0.6 is 0 Å². The topological polar surface area (TPSA) is 87.5 Å². The van der Waals surface area contributed by atoms with Crippen molar-refractivity contribution in [3.63, 3.8) is 0 Å². The fraction of sp³-hybridized carbons (Fsp3) is 0.667. The average Bonchev–Trinajstić information content (AvgIpc) is 2.43. The van der Waals surface area contributed by atoms with Crippen LogP contribution in [0, 0.1) is 0 Å². The molecule has 6 nitrogen and oxygen atoms in total. The highest BCUT2D eigenvalue weighted by Crippen LogP contribution is 2.21. The van der Waals surface area contributed by atoms with Gasteiger partial charge in [0.15, 0.2) is 0 Å². The van der Waals surface area contributed by atoms with E-state index in [1.54, 1.807) is 0 Å². The summed E-state index contributed by atoms with van der Waals surface area (Å²) in [7, 11) is 0. The molecule has 2 aliphatic heterocycles. The first-order valence-corrected chi connectivity index (χ1v) is 3.76. The number of hydrogen-bond acceptors (Lipinski definition) is 4. The standard InChI is InChI=1S/C6H10N4O2/c7-10-2-1-6(3-10)4(11)8-5(12)9-6/h1-3,7H2,(H2,8,9,11,12). The summed E-state index contributed by atoms with van der Waals surface area (Å²) in [4.78, 5) is 22.1. The van der Waals surface area contributed by atoms with Crippen LogP contribution in [-0.2, 0) is 4.79 Å². The number of amides is 3. The van der Waals surface area contributed by atoms with Crippen molar-refractivity contribution in [1.29, 1.82) is 0 Å². The van der Waals surface area contributed by atoms with Crippen LogP contribution < -0.4 is 16.5 Å². The van der Waals surface area contributed by atoms with E-state index in [4.69, 9.17) is 5.84 Å². The van der Waals surface area contributed by atoms with Gasteiger partial charge in [0, 0.05) is 13.1 Å². The maximum Gasteiger partial charge on any atom is 0.322 e. The lowest BCUT2D eigenvalue weighted by Crippen LogP contribution is -2.49. The molecule has 0 bridgehead atoms. The van der Waals surface area contributed by atoms with Gasteiger partial charge < -0.3 is 5.32 Å². The average molecular weight is 170 g/mol. The van der Waals surface area contributed by atoms with E-state index in [2.05, 4.69) is 10.6 Å². The van der Waals surface area contributed by atoms with Crippen molar-refractivity contribution >= 4 is 11.9 Å².